The summed E-state index contributed by atoms with van der Waals surface area (Å²) in [5.41, 5.74) is 8.80. The lowest BCUT2D eigenvalue weighted by atomic mass is 9.92. The number of nitrogens with zero attached hydrogens (tertiary/aromatic N) is 1. The van der Waals surface area contributed by atoms with Crippen LogP contribution in [0.2, 0.25) is 0 Å². The molecule has 0 bridgehead atoms. The molecule has 1 unspecified atom stereocenters. The molecule has 0 radical (unpaired) electrons. The average Bonchev–Trinajstić information content (AvgIpc) is 2.99. The number of hydrogen-bond acceptors (Lipinski definition) is 5. The van der Waals surface area contributed by atoms with Crippen LogP contribution in [0.3, 0.4) is 0 Å². The predicted molar refractivity (Wildman–Crippen MR) is 87.0 cm³/mol. The van der Waals surface area contributed by atoms with E-state index in [9.17, 15) is 4.79 Å². The van der Waals surface area contributed by atoms with Gasteiger partial charge in [-0.15, -0.1) is 0 Å². The van der Waals surface area contributed by atoms with Crippen molar-refractivity contribution in [1.82, 2.24) is 10.3 Å². The first-order chi connectivity index (χ1) is 11.1. The first kappa shape index (κ1) is 16.0. The molecule has 2 aromatic rings. The maximum atomic E-state index is 12.1. The number of nitrogens with one attached hydrogen (secondary N) is 1. The first-order valence-electron chi connectivity index (χ1n) is 8.11. The summed E-state index contributed by atoms with van der Waals surface area (Å²) in [6.07, 6.45) is 2.25. The van der Waals surface area contributed by atoms with E-state index in [0.29, 0.717) is 32.1 Å². The number of nitrogens with two attached hydrogens (primary N) is 1. The Morgan fingerprint density at radius 2 is 2.22 bits per heavy atom. The van der Waals surface area contributed by atoms with Crippen LogP contribution in [0.15, 0.2) is 22.6 Å². The van der Waals surface area contributed by atoms with E-state index in [-0.39, 0.29) is 11.8 Å². The van der Waals surface area contributed by atoms with Gasteiger partial charge in [0.2, 0.25) is 5.91 Å². The number of carbonyl (C=O) groups is 1. The van der Waals surface area contributed by atoms with Gasteiger partial charge in [0.25, 0.3) is 0 Å². The number of benzene rings is 1. The molecule has 0 saturated carbocycles. The van der Waals surface area contributed by atoms with E-state index in [1.54, 1.807) is 0 Å². The molecular formula is C17H23N3O3. The second-order valence-electron chi connectivity index (χ2n) is 6.05. The molecule has 0 aliphatic carbocycles. The zero-order chi connectivity index (χ0) is 16.2. The number of carbonyl (C=O) groups excluding carboxylic acids is 1. The topological polar surface area (TPSA) is 90.4 Å². The Labute approximate surface area is 135 Å². The van der Waals surface area contributed by atoms with Crippen LogP contribution >= 0.6 is 0 Å². The van der Waals surface area contributed by atoms with Crippen LogP contribution in [0.25, 0.3) is 11.1 Å². The van der Waals surface area contributed by atoms with Gasteiger partial charge in [0, 0.05) is 26.2 Å². The first-order valence-corrected chi connectivity index (χ1v) is 8.11. The summed E-state index contributed by atoms with van der Waals surface area (Å²) in [6.45, 7) is 3.85. The molecule has 0 spiro atoms. The molecule has 1 aromatic carbocycles. The lowest BCUT2D eigenvalue weighted by Gasteiger charge is -2.26. The van der Waals surface area contributed by atoms with Gasteiger partial charge in [-0.3, -0.25) is 4.79 Å². The molecule has 23 heavy (non-hydrogen) atoms. The minimum atomic E-state index is -0.468. The number of fused-ring (bicyclic) bond motifs is 1. The summed E-state index contributed by atoms with van der Waals surface area (Å²) in [7, 11) is 0. The highest BCUT2D eigenvalue weighted by Crippen LogP contribution is 2.19. The average molecular weight is 317 g/mol. The van der Waals surface area contributed by atoms with Crippen LogP contribution in [0.4, 0.5) is 0 Å². The van der Waals surface area contributed by atoms with Gasteiger partial charge in [0.15, 0.2) is 11.5 Å². The van der Waals surface area contributed by atoms with Gasteiger partial charge in [-0.25, -0.2) is 4.98 Å². The zero-order valence-electron chi connectivity index (χ0n) is 13.4. The van der Waals surface area contributed by atoms with Gasteiger partial charge in [0.1, 0.15) is 5.52 Å². The Balaban J connectivity index is 1.51. The lowest BCUT2D eigenvalue weighted by Crippen LogP contribution is -2.47. The van der Waals surface area contributed by atoms with Crippen LogP contribution in [-0.4, -0.2) is 36.7 Å². The zero-order valence-corrected chi connectivity index (χ0v) is 13.4. The Morgan fingerprint density at radius 3 is 2.96 bits per heavy atom. The highest BCUT2D eigenvalue weighted by atomic mass is 16.5. The van der Waals surface area contributed by atoms with Crippen molar-refractivity contribution >= 4 is 17.0 Å². The van der Waals surface area contributed by atoms with Crippen LogP contribution in [0.5, 0.6) is 0 Å². The van der Waals surface area contributed by atoms with Crippen LogP contribution in [0.1, 0.15) is 24.3 Å². The monoisotopic (exact) mass is 317 g/mol. The third kappa shape index (κ3) is 3.71. The molecule has 1 amide bonds. The van der Waals surface area contributed by atoms with Gasteiger partial charge in [-0.2, -0.15) is 0 Å². The van der Waals surface area contributed by atoms with E-state index in [1.807, 2.05) is 25.1 Å². The Hall–Kier alpha value is -1.92. The van der Waals surface area contributed by atoms with Crippen molar-refractivity contribution in [3.8, 4) is 0 Å². The van der Waals surface area contributed by atoms with Crippen molar-refractivity contribution in [2.24, 2.45) is 11.7 Å². The molecule has 1 aliphatic rings. The van der Waals surface area contributed by atoms with Crippen molar-refractivity contribution in [2.45, 2.75) is 32.2 Å². The fraction of sp³-hybridized carbons (Fsp3) is 0.529. The summed E-state index contributed by atoms with van der Waals surface area (Å²) in [5.74, 6) is 0.731. The van der Waals surface area contributed by atoms with E-state index in [2.05, 4.69) is 10.3 Å². The lowest BCUT2D eigenvalue weighted by molar-refractivity contribution is -0.124. The summed E-state index contributed by atoms with van der Waals surface area (Å²) in [4.78, 5) is 16.6. The quantitative estimate of drug-likeness (QED) is 0.873. The molecule has 2 heterocycles. The van der Waals surface area contributed by atoms with Crippen molar-refractivity contribution in [3.05, 3.63) is 29.7 Å². The van der Waals surface area contributed by atoms with Crippen LogP contribution in [0, 0.1) is 12.8 Å². The molecule has 6 nitrogen and oxygen atoms in total. The second kappa shape index (κ2) is 7.10. The highest BCUT2D eigenvalue weighted by Gasteiger charge is 2.26. The Bertz CT molecular complexity index is 677. The molecule has 1 aromatic heterocycles. The van der Waals surface area contributed by atoms with Crippen LogP contribution in [-0.2, 0) is 16.0 Å². The fourth-order valence-corrected chi connectivity index (χ4v) is 2.94. The van der Waals surface area contributed by atoms with E-state index in [1.165, 1.54) is 0 Å². The van der Waals surface area contributed by atoms with Crippen molar-refractivity contribution in [3.63, 3.8) is 0 Å². The summed E-state index contributed by atoms with van der Waals surface area (Å²) >= 11 is 0. The number of amides is 1. The summed E-state index contributed by atoms with van der Waals surface area (Å²) in [6, 6.07) is 5.38. The standard InChI is InChI=1S/C17H23N3O3/c1-11-3-2-4-13-16(11)20-14(23-13)5-8-19-17(21)15(18)12-6-9-22-10-7-12/h2-4,12,15H,5-10,18H2,1H3,(H,19,21). The molecule has 3 N–H and O–H groups in total. The SMILES string of the molecule is Cc1cccc2oc(CCNC(=O)C(N)C3CCOCC3)nc12. The number of ether oxygens (including phenoxy) is 1. The summed E-state index contributed by atoms with van der Waals surface area (Å²) < 4.78 is 11.0. The van der Waals surface area contributed by atoms with Crippen molar-refractivity contribution in [2.75, 3.05) is 19.8 Å². The second-order valence-corrected chi connectivity index (χ2v) is 6.05. The molecular weight excluding hydrogens is 294 g/mol. The minimum Gasteiger partial charge on any atom is -0.441 e. The van der Waals surface area contributed by atoms with Crippen molar-refractivity contribution in [1.29, 1.82) is 0 Å². The molecule has 1 aliphatic heterocycles. The van der Waals surface area contributed by atoms with Crippen molar-refractivity contribution < 1.29 is 13.9 Å². The number of para-hydroxylation sites is 1. The number of aryl methyl sites for hydroxylation is 1. The third-order valence-corrected chi connectivity index (χ3v) is 4.38. The van der Waals surface area contributed by atoms with Gasteiger partial charge in [0.05, 0.1) is 6.04 Å². The Kier molecular flexibility index (Phi) is 4.93. The molecule has 6 heteroatoms. The largest absolute Gasteiger partial charge is 0.441 e. The van der Waals surface area contributed by atoms with Gasteiger partial charge < -0.3 is 20.2 Å². The highest BCUT2D eigenvalue weighted by molar-refractivity contribution is 5.81. The van der Waals surface area contributed by atoms with E-state index in [4.69, 9.17) is 14.9 Å². The Morgan fingerprint density at radius 1 is 1.43 bits per heavy atom. The fourth-order valence-electron chi connectivity index (χ4n) is 2.94. The van der Waals surface area contributed by atoms with Gasteiger partial charge in [-0.05, 0) is 37.3 Å². The number of hydrogen-bond donors (Lipinski definition) is 2. The normalized spacial score (nSPS) is 17.3. The van der Waals surface area contributed by atoms with E-state index in [0.717, 1.165) is 29.5 Å². The van der Waals surface area contributed by atoms with Gasteiger partial charge >= 0.3 is 0 Å². The number of rotatable bonds is 5. The minimum absolute atomic E-state index is 0.107. The van der Waals surface area contributed by atoms with Gasteiger partial charge in [-0.1, -0.05) is 12.1 Å². The smallest absolute Gasteiger partial charge is 0.237 e. The third-order valence-electron chi connectivity index (χ3n) is 4.38. The number of oxazole rings is 1. The molecule has 1 fully saturated rings. The molecule has 124 valence electrons. The molecule has 1 atom stereocenters. The molecule has 3 rings (SSSR count). The van der Waals surface area contributed by atoms with Crippen LogP contribution < -0.4 is 11.1 Å². The van der Waals surface area contributed by atoms with E-state index >= 15 is 0 Å². The maximum absolute atomic E-state index is 12.1. The molecule has 1 saturated heterocycles. The predicted octanol–water partition coefficient (Wildman–Crippen LogP) is 1.55. The van der Waals surface area contributed by atoms with E-state index < -0.39 is 6.04 Å². The summed E-state index contributed by atoms with van der Waals surface area (Å²) in [5, 5.41) is 2.88. The maximum Gasteiger partial charge on any atom is 0.237 e. The number of aromatic nitrogens is 1.